The minimum atomic E-state index is -0.0414. The van der Waals surface area contributed by atoms with Crippen LogP contribution in [0.1, 0.15) is 38.3 Å². The van der Waals surface area contributed by atoms with Crippen LogP contribution in [0.4, 0.5) is 5.13 Å². The molecule has 1 aromatic heterocycles. The van der Waals surface area contributed by atoms with Gasteiger partial charge in [-0.1, -0.05) is 6.92 Å². The third kappa shape index (κ3) is 4.02. The highest BCUT2D eigenvalue weighted by atomic mass is 32.1. The van der Waals surface area contributed by atoms with E-state index in [1.807, 2.05) is 0 Å². The number of nitrogens with one attached hydrogen (secondary N) is 2. The molecule has 2 aliphatic rings. The lowest BCUT2D eigenvalue weighted by molar-refractivity contribution is -0.117. The monoisotopic (exact) mass is 308 g/mol. The van der Waals surface area contributed by atoms with E-state index in [2.05, 4.69) is 32.8 Å². The molecule has 0 bridgehead atoms. The number of thiazole rings is 1. The van der Waals surface area contributed by atoms with Crippen LogP contribution in [0.2, 0.25) is 0 Å². The summed E-state index contributed by atoms with van der Waals surface area (Å²) in [7, 11) is 0. The van der Waals surface area contributed by atoms with Crippen LogP contribution in [0.5, 0.6) is 0 Å². The summed E-state index contributed by atoms with van der Waals surface area (Å²) in [6.45, 7) is 6.47. The molecule has 3 rings (SSSR count). The van der Waals surface area contributed by atoms with Crippen LogP contribution in [0.25, 0.3) is 0 Å². The summed E-state index contributed by atoms with van der Waals surface area (Å²) in [6.07, 6.45) is 4.62. The van der Waals surface area contributed by atoms with Crippen molar-refractivity contribution in [3.8, 4) is 0 Å². The molecule has 0 aliphatic carbocycles. The molecule has 116 valence electrons. The number of aromatic nitrogens is 1. The van der Waals surface area contributed by atoms with Crippen LogP contribution >= 0.6 is 11.3 Å². The van der Waals surface area contributed by atoms with Gasteiger partial charge in [0.05, 0.1) is 11.7 Å². The molecule has 2 aliphatic heterocycles. The van der Waals surface area contributed by atoms with Gasteiger partial charge in [-0.3, -0.25) is 9.69 Å². The third-order valence-corrected chi connectivity index (χ3v) is 5.09. The van der Waals surface area contributed by atoms with Gasteiger partial charge in [0.2, 0.25) is 5.91 Å². The molecule has 5 nitrogen and oxygen atoms in total. The maximum absolute atomic E-state index is 12.0. The van der Waals surface area contributed by atoms with Gasteiger partial charge in [-0.15, -0.1) is 11.3 Å². The molecule has 2 atom stereocenters. The van der Waals surface area contributed by atoms with Gasteiger partial charge in [0.1, 0.15) is 0 Å². The highest BCUT2D eigenvalue weighted by Crippen LogP contribution is 2.21. The van der Waals surface area contributed by atoms with Crippen molar-refractivity contribution in [1.82, 2.24) is 15.2 Å². The molecule has 2 saturated heterocycles. The van der Waals surface area contributed by atoms with E-state index in [1.54, 1.807) is 0 Å². The van der Waals surface area contributed by atoms with Crippen molar-refractivity contribution in [1.29, 1.82) is 0 Å². The van der Waals surface area contributed by atoms with Gasteiger partial charge in [-0.2, -0.15) is 0 Å². The summed E-state index contributed by atoms with van der Waals surface area (Å²) in [6, 6.07) is -0.0414. The van der Waals surface area contributed by atoms with Crippen LogP contribution in [-0.2, 0) is 11.3 Å². The number of rotatable bonds is 4. The molecule has 0 radical (unpaired) electrons. The van der Waals surface area contributed by atoms with E-state index in [0.29, 0.717) is 0 Å². The Morgan fingerprint density at radius 2 is 2.43 bits per heavy atom. The Labute approximate surface area is 130 Å². The van der Waals surface area contributed by atoms with Gasteiger partial charge < -0.3 is 10.6 Å². The van der Waals surface area contributed by atoms with Crippen LogP contribution in [-0.4, -0.2) is 41.5 Å². The number of amides is 1. The number of nitrogens with zero attached hydrogens (tertiary/aromatic N) is 2. The normalized spacial score (nSPS) is 26.9. The van der Waals surface area contributed by atoms with Gasteiger partial charge in [-0.05, 0) is 44.7 Å². The zero-order valence-corrected chi connectivity index (χ0v) is 13.4. The summed E-state index contributed by atoms with van der Waals surface area (Å²) in [5.41, 5.74) is 1.07. The zero-order valence-electron chi connectivity index (χ0n) is 12.6. The molecule has 2 fully saturated rings. The molecule has 0 saturated carbocycles. The topological polar surface area (TPSA) is 57.3 Å². The second kappa shape index (κ2) is 6.85. The van der Waals surface area contributed by atoms with Gasteiger partial charge in [0.15, 0.2) is 5.13 Å². The molecule has 1 amide bonds. The molecule has 6 heteroatoms. The van der Waals surface area contributed by atoms with Crippen LogP contribution in [0.15, 0.2) is 5.38 Å². The van der Waals surface area contributed by atoms with Crippen molar-refractivity contribution in [2.75, 3.05) is 25.0 Å². The first kappa shape index (κ1) is 14.9. The van der Waals surface area contributed by atoms with E-state index in [-0.39, 0.29) is 11.9 Å². The average Bonchev–Trinajstić information content (AvgIpc) is 3.10. The molecular weight excluding hydrogens is 284 g/mol. The van der Waals surface area contributed by atoms with Crippen LogP contribution in [0, 0.1) is 5.92 Å². The third-order valence-electron chi connectivity index (χ3n) is 4.29. The Hall–Kier alpha value is -0.980. The lowest BCUT2D eigenvalue weighted by Gasteiger charge is -2.30. The fraction of sp³-hybridized carbons (Fsp3) is 0.733. The largest absolute Gasteiger partial charge is 0.306 e. The molecule has 3 heterocycles. The predicted molar refractivity (Wildman–Crippen MR) is 85.4 cm³/mol. The summed E-state index contributed by atoms with van der Waals surface area (Å²) in [5, 5.41) is 8.95. The Bertz CT molecular complexity index is 484. The van der Waals surface area contributed by atoms with Crippen molar-refractivity contribution in [3.63, 3.8) is 0 Å². The lowest BCUT2D eigenvalue weighted by atomic mass is 10.0. The highest BCUT2D eigenvalue weighted by molar-refractivity contribution is 7.13. The average molecular weight is 308 g/mol. The standard InChI is InChI=1S/C15H24N4OS/c1-11-4-3-7-19(8-11)9-12-10-21-15(17-12)18-14(20)13-5-2-6-16-13/h10-11,13,16H,2-9H2,1H3,(H,17,18,20). The van der Waals surface area contributed by atoms with E-state index < -0.39 is 0 Å². The number of carbonyl (C=O) groups is 1. The van der Waals surface area contributed by atoms with Crippen molar-refractivity contribution in [2.45, 2.75) is 45.2 Å². The summed E-state index contributed by atoms with van der Waals surface area (Å²) in [5.74, 6) is 0.838. The summed E-state index contributed by atoms with van der Waals surface area (Å²) >= 11 is 1.53. The van der Waals surface area contributed by atoms with Crippen LogP contribution in [0.3, 0.4) is 0 Å². The van der Waals surface area contributed by atoms with Crippen molar-refractivity contribution in [2.24, 2.45) is 5.92 Å². The van der Waals surface area contributed by atoms with Crippen molar-refractivity contribution < 1.29 is 4.79 Å². The van der Waals surface area contributed by atoms with E-state index in [9.17, 15) is 4.79 Å². The molecule has 2 N–H and O–H groups in total. The fourth-order valence-electron chi connectivity index (χ4n) is 3.20. The van der Waals surface area contributed by atoms with Gasteiger partial charge in [0, 0.05) is 18.5 Å². The Kier molecular flexibility index (Phi) is 4.87. The minimum Gasteiger partial charge on any atom is -0.306 e. The first-order valence-electron chi connectivity index (χ1n) is 7.92. The molecule has 1 aromatic rings. The number of likely N-dealkylation sites (tertiary alicyclic amines) is 1. The molecular formula is C15H24N4OS. The quantitative estimate of drug-likeness (QED) is 0.894. The van der Waals surface area contributed by atoms with Gasteiger partial charge >= 0.3 is 0 Å². The van der Waals surface area contributed by atoms with Gasteiger partial charge in [0.25, 0.3) is 0 Å². The highest BCUT2D eigenvalue weighted by Gasteiger charge is 2.23. The summed E-state index contributed by atoms with van der Waals surface area (Å²) < 4.78 is 0. The lowest BCUT2D eigenvalue weighted by Crippen LogP contribution is -2.35. The first-order chi connectivity index (χ1) is 10.2. The predicted octanol–water partition coefficient (Wildman–Crippen LogP) is 2.07. The number of hydrogen-bond acceptors (Lipinski definition) is 5. The van der Waals surface area contributed by atoms with Gasteiger partial charge in [-0.25, -0.2) is 4.98 Å². The zero-order chi connectivity index (χ0) is 14.7. The second-order valence-corrected chi connectivity index (χ2v) is 7.12. The smallest absolute Gasteiger partial charge is 0.243 e. The number of hydrogen-bond donors (Lipinski definition) is 2. The molecule has 2 unspecified atom stereocenters. The Morgan fingerprint density at radius 1 is 1.52 bits per heavy atom. The molecule has 0 aromatic carbocycles. The fourth-order valence-corrected chi connectivity index (χ4v) is 3.90. The van der Waals surface area contributed by atoms with E-state index >= 15 is 0 Å². The van der Waals surface area contributed by atoms with Crippen molar-refractivity contribution in [3.05, 3.63) is 11.1 Å². The first-order valence-corrected chi connectivity index (χ1v) is 8.79. The minimum absolute atomic E-state index is 0.0414. The molecule has 21 heavy (non-hydrogen) atoms. The van der Waals surface area contributed by atoms with E-state index in [1.165, 1.54) is 24.2 Å². The number of piperidine rings is 1. The van der Waals surface area contributed by atoms with Crippen LogP contribution < -0.4 is 10.6 Å². The number of carbonyl (C=O) groups excluding carboxylic acids is 1. The molecule has 0 spiro atoms. The number of anilines is 1. The van der Waals surface area contributed by atoms with E-state index in [4.69, 9.17) is 0 Å². The maximum atomic E-state index is 12.0. The van der Waals surface area contributed by atoms with Crippen molar-refractivity contribution >= 4 is 22.4 Å². The van der Waals surface area contributed by atoms with E-state index in [0.717, 1.165) is 55.8 Å². The summed E-state index contributed by atoms with van der Waals surface area (Å²) in [4.78, 5) is 19.1. The Morgan fingerprint density at radius 3 is 3.19 bits per heavy atom. The SMILES string of the molecule is CC1CCCN(Cc2csc(NC(=O)C3CCCN3)n2)C1. The maximum Gasteiger partial charge on any atom is 0.243 e. The second-order valence-electron chi connectivity index (χ2n) is 6.26. The Balaban J connectivity index is 1.52.